The summed E-state index contributed by atoms with van der Waals surface area (Å²) in [4.78, 5) is 12.5. The van der Waals surface area contributed by atoms with E-state index in [4.69, 9.17) is 6.57 Å². The molecule has 0 N–H and O–H groups in total. The van der Waals surface area contributed by atoms with Crippen molar-refractivity contribution in [2.24, 2.45) is 0 Å². The van der Waals surface area contributed by atoms with Gasteiger partial charge in [-0.05, 0) is 46.6 Å². The van der Waals surface area contributed by atoms with Gasteiger partial charge in [0.2, 0.25) is 0 Å². The van der Waals surface area contributed by atoms with Crippen molar-refractivity contribution in [2.75, 3.05) is 0 Å². The number of aromatic nitrogens is 4. The van der Waals surface area contributed by atoms with Crippen molar-refractivity contribution in [3.63, 3.8) is 0 Å². The molecule has 41 heavy (non-hydrogen) atoms. The molecule has 0 saturated carbocycles. The minimum Gasteiger partial charge on any atom is -0.374 e. The monoisotopic (exact) mass is 520 g/mol. The molecule has 4 heterocycles. The zero-order valence-corrected chi connectivity index (χ0v) is 21.2. The van der Waals surface area contributed by atoms with Crippen molar-refractivity contribution in [1.82, 2.24) is 19.0 Å². The van der Waals surface area contributed by atoms with Crippen LogP contribution in [-0.2, 0) is 0 Å². The summed E-state index contributed by atoms with van der Waals surface area (Å²) in [5.74, 6) is 0. The maximum atomic E-state index is 10.3. The van der Waals surface area contributed by atoms with Gasteiger partial charge in [-0.2, -0.15) is 15.8 Å². The molecule has 0 unspecified atom stereocenters. The van der Waals surface area contributed by atoms with Crippen LogP contribution in [0.3, 0.4) is 0 Å². The topological polar surface area (TPSA) is 111 Å². The Morgan fingerprint density at radius 2 is 1.54 bits per heavy atom. The van der Waals surface area contributed by atoms with Crippen molar-refractivity contribution in [3.05, 3.63) is 107 Å². The van der Waals surface area contributed by atoms with E-state index >= 15 is 0 Å². The lowest BCUT2D eigenvalue weighted by Gasteiger charge is -2.28. The molecule has 4 aromatic carbocycles. The molecule has 1 aliphatic rings. The zero-order chi connectivity index (χ0) is 27.8. The van der Waals surface area contributed by atoms with E-state index < -0.39 is 6.85 Å². The van der Waals surface area contributed by atoms with Gasteiger partial charge in [0.1, 0.15) is 12.4 Å². The van der Waals surface area contributed by atoms with Crippen molar-refractivity contribution in [3.8, 4) is 23.9 Å². The Morgan fingerprint density at radius 1 is 0.780 bits per heavy atom. The lowest BCUT2D eigenvalue weighted by Crippen LogP contribution is -2.53. The minimum absolute atomic E-state index is 0.318. The highest BCUT2D eigenvalue weighted by atomic mass is 15.0. The van der Waals surface area contributed by atoms with Crippen LogP contribution in [0.2, 0.25) is 0 Å². The van der Waals surface area contributed by atoms with Crippen molar-refractivity contribution in [2.45, 2.75) is 0 Å². The summed E-state index contributed by atoms with van der Waals surface area (Å²) in [6.45, 7) is 7.23. The molecule has 1 aliphatic heterocycles. The first kappa shape index (κ1) is 22.6. The van der Waals surface area contributed by atoms with Crippen LogP contribution in [-0.4, -0.2) is 25.9 Å². The highest BCUT2D eigenvalue weighted by Gasteiger charge is 2.37. The van der Waals surface area contributed by atoms with Crippen LogP contribution in [0.1, 0.15) is 16.7 Å². The van der Waals surface area contributed by atoms with Crippen LogP contribution in [0.15, 0.2) is 79.3 Å². The van der Waals surface area contributed by atoms with Gasteiger partial charge in [-0.15, -0.1) is 0 Å². The van der Waals surface area contributed by atoms with Gasteiger partial charge in [0.05, 0.1) is 69.2 Å². The number of hydrogen-bond donors (Lipinski definition) is 0. The Morgan fingerprint density at radius 3 is 2.32 bits per heavy atom. The molecule has 184 valence electrons. The van der Waals surface area contributed by atoms with Crippen LogP contribution >= 0.6 is 0 Å². The fourth-order valence-electron chi connectivity index (χ4n) is 6.51. The predicted octanol–water partition coefficient (Wildman–Crippen LogP) is 4.81. The van der Waals surface area contributed by atoms with Gasteiger partial charge in [0, 0.05) is 16.5 Å². The van der Waals surface area contributed by atoms with Crippen LogP contribution in [0, 0.1) is 40.6 Å². The fraction of sp³-hybridized carbons (Fsp3) is 0. The summed E-state index contributed by atoms with van der Waals surface area (Å²) in [7, 11) is 0. The van der Waals surface area contributed by atoms with Gasteiger partial charge >= 0.3 is 6.85 Å². The largest absolute Gasteiger partial charge is 0.374 e. The number of rotatable bonds is 1. The fourth-order valence-corrected chi connectivity index (χ4v) is 6.51. The Balaban J connectivity index is 1.65. The van der Waals surface area contributed by atoms with E-state index in [0.29, 0.717) is 44.2 Å². The molecule has 0 aliphatic carbocycles. The molecule has 0 saturated heterocycles. The van der Waals surface area contributed by atoms with Crippen molar-refractivity contribution < 1.29 is 0 Å². The molecular weight excluding hydrogens is 507 g/mol. The lowest BCUT2D eigenvalue weighted by molar-refractivity contribution is 1.14. The first-order valence-corrected chi connectivity index (χ1v) is 12.7. The summed E-state index contributed by atoms with van der Waals surface area (Å²) in [6, 6.07) is 27.6. The third kappa shape index (κ3) is 2.79. The molecule has 3 aromatic heterocycles. The van der Waals surface area contributed by atoms with E-state index in [2.05, 4.69) is 60.3 Å². The number of para-hydroxylation sites is 2. The summed E-state index contributed by atoms with van der Waals surface area (Å²) in [5, 5.41) is 32.7. The average Bonchev–Trinajstić information content (AvgIpc) is 3.54. The average molecular weight is 520 g/mol. The second-order valence-electron chi connectivity index (χ2n) is 9.92. The molecule has 0 bridgehead atoms. The van der Waals surface area contributed by atoms with Gasteiger partial charge in [-0.1, -0.05) is 36.4 Å². The smallest absolute Gasteiger partial charge is 0.332 e. The predicted molar refractivity (Wildman–Crippen MR) is 157 cm³/mol. The highest BCUT2D eigenvalue weighted by molar-refractivity contribution is 6.88. The molecule has 0 radical (unpaired) electrons. The summed E-state index contributed by atoms with van der Waals surface area (Å²) >= 11 is 0. The Labute approximate surface area is 233 Å². The second kappa shape index (κ2) is 8.04. The Kier molecular flexibility index (Phi) is 4.43. The van der Waals surface area contributed by atoms with E-state index in [1.807, 2.05) is 30.5 Å². The van der Waals surface area contributed by atoms with Crippen LogP contribution < -0.4 is 10.9 Å². The van der Waals surface area contributed by atoms with Crippen LogP contribution in [0.5, 0.6) is 0 Å². The second-order valence-corrected chi connectivity index (χ2v) is 9.92. The van der Waals surface area contributed by atoms with E-state index in [-0.39, 0.29) is 0 Å². The molecule has 0 atom stereocenters. The van der Waals surface area contributed by atoms with E-state index in [9.17, 15) is 15.8 Å². The summed E-state index contributed by atoms with van der Waals surface area (Å²) in [5.41, 5.74) is 8.13. The third-order valence-corrected chi connectivity index (χ3v) is 7.98. The minimum atomic E-state index is -0.425. The normalized spacial score (nSPS) is 11.8. The number of hydrogen-bond acceptors (Lipinski definition) is 5. The molecule has 0 spiro atoms. The Bertz CT molecular complexity index is 2400. The van der Waals surface area contributed by atoms with Crippen LogP contribution in [0.25, 0.3) is 54.3 Å². The summed E-state index contributed by atoms with van der Waals surface area (Å²) in [6.07, 6.45) is 3.37. The highest BCUT2D eigenvalue weighted by Crippen LogP contribution is 2.39. The molecule has 9 heteroatoms. The van der Waals surface area contributed by atoms with Crippen molar-refractivity contribution in [1.29, 1.82) is 15.8 Å². The maximum absolute atomic E-state index is 10.3. The van der Waals surface area contributed by atoms with E-state index in [1.54, 1.807) is 30.6 Å². The Hall–Kier alpha value is -6.42. The van der Waals surface area contributed by atoms with E-state index in [0.717, 1.165) is 38.5 Å². The SMILES string of the molecule is [C-]#[N+]c1cc(C#N)c2c(c1)c1cc(C#N)cc(C#N)c1n2B1c2ccccc2-n2c3cncnc3c3cccc1c32. The first-order chi connectivity index (χ1) is 20.2. The number of fused-ring (bicyclic) bond motifs is 8. The zero-order valence-electron chi connectivity index (χ0n) is 21.2. The van der Waals surface area contributed by atoms with Crippen LogP contribution in [0.4, 0.5) is 5.69 Å². The van der Waals surface area contributed by atoms with Gasteiger partial charge < -0.3 is 9.05 Å². The number of benzene rings is 4. The molecule has 0 fully saturated rings. The molecule has 7 aromatic rings. The standard InChI is InChI=1S/C32H13BN8/c1-37-21-11-20(15-36)31-24(12-21)23-10-18(13-34)9-19(14-35)30(23)41(31)33-25-6-2-3-8-27(25)40-28-16-38-17-39-29(28)22-5-4-7-26(33)32(22)40/h2-12,16-17H. The number of nitriles is 3. The third-order valence-electron chi connectivity index (χ3n) is 7.98. The quantitative estimate of drug-likeness (QED) is 0.228. The first-order valence-electron chi connectivity index (χ1n) is 12.7. The number of nitrogens with zero attached hydrogens (tertiary/aromatic N) is 8. The van der Waals surface area contributed by atoms with Gasteiger partial charge in [0.15, 0.2) is 5.69 Å². The maximum Gasteiger partial charge on any atom is 0.332 e. The van der Waals surface area contributed by atoms with Gasteiger partial charge in [-0.25, -0.2) is 14.8 Å². The summed E-state index contributed by atoms with van der Waals surface area (Å²) < 4.78 is 4.23. The van der Waals surface area contributed by atoms with E-state index in [1.165, 1.54) is 0 Å². The van der Waals surface area contributed by atoms with Gasteiger partial charge in [-0.3, -0.25) is 0 Å². The molecule has 8 nitrogen and oxygen atoms in total. The molecular formula is C32H13BN8. The molecule has 0 amide bonds. The van der Waals surface area contributed by atoms with Gasteiger partial charge in [0.25, 0.3) is 0 Å². The lowest BCUT2D eigenvalue weighted by atomic mass is 9.48. The van der Waals surface area contributed by atoms with Crippen molar-refractivity contribution >= 4 is 67.2 Å². The molecule has 8 rings (SSSR count).